The SMILES string of the molecule is N#CNC(=Nc1ccccc1)SCC(N)=O. The number of hydrogen-bond acceptors (Lipinski definition) is 4. The number of nitriles is 1. The molecular weight excluding hydrogens is 224 g/mol. The van der Waals surface area contributed by atoms with Gasteiger partial charge in [0, 0.05) is 0 Å². The summed E-state index contributed by atoms with van der Waals surface area (Å²) in [5.41, 5.74) is 5.71. The second kappa shape index (κ2) is 6.48. The maximum atomic E-state index is 10.6. The topological polar surface area (TPSA) is 91.3 Å². The number of nitrogens with two attached hydrogens (primary N) is 1. The molecule has 0 aromatic heterocycles. The Morgan fingerprint density at radius 1 is 1.50 bits per heavy atom. The van der Waals surface area contributed by atoms with Crippen LogP contribution in [0.1, 0.15) is 0 Å². The molecular formula is C10H10N4OS. The van der Waals surface area contributed by atoms with Gasteiger partial charge in [0.1, 0.15) is 0 Å². The number of amides is 1. The van der Waals surface area contributed by atoms with Crippen LogP contribution in [0.2, 0.25) is 0 Å². The van der Waals surface area contributed by atoms with Crippen LogP contribution in [0.5, 0.6) is 0 Å². The molecule has 0 spiro atoms. The monoisotopic (exact) mass is 234 g/mol. The van der Waals surface area contributed by atoms with Crippen molar-refractivity contribution in [3.63, 3.8) is 0 Å². The summed E-state index contributed by atoms with van der Waals surface area (Å²) in [5.74, 6) is -0.370. The lowest BCUT2D eigenvalue weighted by Crippen LogP contribution is -2.19. The summed E-state index contributed by atoms with van der Waals surface area (Å²) in [7, 11) is 0. The molecule has 3 N–H and O–H groups in total. The Labute approximate surface area is 97.4 Å². The predicted molar refractivity (Wildman–Crippen MR) is 63.9 cm³/mol. The summed E-state index contributed by atoms with van der Waals surface area (Å²) >= 11 is 1.09. The van der Waals surface area contributed by atoms with Gasteiger partial charge in [0.2, 0.25) is 5.91 Å². The molecule has 0 bridgehead atoms. The maximum absolute atomic E-state index is 10.6. The number of para-hydroxylation sites is 1. The van der Waals surface area contributed by atoms with Gasteiger partial charge in [0.25, 0.3) is 0 Å². The number of rotatable bonds is 3. The Kier molecular flexibility index (Phi) is 4.89. The zero-order chi connectivity index (χ0) is 11.8. The van der Waals surface area contributed by atoms with Gasteiger partial charge in [-0.15, -0.1) is 0 Å². The standard InChI is InChI=1S/C10H10N4OS/c11-7-13-10(16-6-9(12)15)14-8-4-2-1-3-5-8/h1-5H,6H2,(H2,12,15)(H,13,14). The van der Waals surface area contributed by atoms with Crippen molar-refractivity contribution >= 4 is 28.5 Å². The first-order valence-electron chi connectivity index (χ1n) is 4.42. The van der Waals surface area contributed by atoms with Crippen molar-refractivity contribution in [2.75, 3.05) is 5.75 Å². The summed E-state index contributed by atoms with van der Waals surface area (Å²) in [6, 6.07) is 9.13. The molecule has 0 atom stereocenters. The number of hydrogen-bond donors (Lipinski definition) is 2. The molecule has 1 amide bonds. The fourth-order valence-electron chi connectivity index (χ4n) is 0.903. The summed E-state index contributed by atoms with van der Waals surface area (Å²) in [6.45, 7) is 0. The lowest BCUT2D eigenvalue weighted by atomic mass is 10.3. The lowest BCUT2D eigenvalue weighted by molar-refractivity contribution is -0.115. The molecule has 6 heteroatoms. The van der Waals surface area contributed by atoms with Crippen LogP contribution in [-0.2, 0) is 4.79 Å². The molecule has 0 radical (unpaired) electrons. The predicted octanol–water partition coefficient (Wildman–Crippen LogP) is 0.963. The van der Waals surface area contributed by atoms with Crippen LogP contribution in [0.4, 0.5) is 5.69 Å². The van der Waals surface area contributed by atoms with E-state index >= 15 is 0 Å². The quantitative estimate of drug-likeness (QED) is 0.353. The van der Waals surface area contributed by atoms with E-state index in [0.29, 0.717) is 10.9 Å². The van der Waals surface area contributed by atoms with Gasteiger partial charge < -0.3 is 5.73 Å². The van der Waals surface area contributed by atoms with E-state index in [1.54, 1.807) is 18.3 Å². The van der Waals surface area contributed by atoms with Crippen LogP contribution >= 0.6 is 11.8 Å². The molecule has 16 heavy (non-hydrogen) atoms. The van der Waals surface area contributed by atoms with E-state index in [9.17, 15) is 4.79 Å². The van der Waals surface area contributed by atoms with Crippen molar-refractivity contribution in [1.82, 2.24) is 5.32 Å². The van der Waals surface area contributed by atoms with Gasteiger partial charge in [-0.3, -0.25) is 10.1 Å². The molecule has 0 aliphatic heterocycles. The summed E-state index contributed by atoms with van der Waals surface area (Å²) in [6.07, 6.45) is 1.76. The third-order valence-electron chi connectivity index (χ3n) is 1.50. The van der Waals surface area contributed by atoms with Crippen molar-refractivity contribution in [2.24, 2.45) is 10.7 Å². The van der Waals surface area contributed by atoms with Gasteiger partial charge in [0.05, 0.1) is 11.4 Å². The second-order valence-electron chi connectivity index (χ2n) is 2.74. The van der Waals surface area contributed by atoms with E-state index in [1.807, 2.05) is 18.2 Å². The zero-order valence-corrected chi connectivity index (χ0v) is 9.20. The molecule has 1 aromatic rings. The Morgan fingerprint density at radius 2 is 2.19 bits per heavy atom. The van der Waals surface area contributed by atoms with Gasteiger partial charge >= 0.3 is 0 Å². The summed E-state index contributed by atoms with van der Waals surface area (Å²) < 4.78 is 0. The highest BCUT2D eigenvalue weighted by Gasteiger charge is 2.02. The zero-order valence-electron chi connectivity index (χ0n) is 8.38. The Balaban J connectivity index is 2.73. The fourth-order valence-corrected chi connectivity index (χ4v) is 1.47. The molecule has 1 aromatic carbocycles. The maximum Gasteiger partial charge on any atom is 0.227 e. The minimum absolute atomic E-state index is 0.0837. The highest BCUT2D eigenvalue weighted by Crippen LogP contribution is 2.13. The van der Waals surface area contributed by atoms with Gasteiger partial charge in [-0.25, -0.2) is 4.99 Å². The second-order valence-corrected chi connectivity index (χ2v) is 3.71. The third kappa shape index (κ3) is 4.48. The summed E-state index contributed by atoms with van der Waals surface area (Å²) in [4.78, 5) is 14.8. The van der Waals surface area contributed by atoms with E-state index in [1.165, 1.54) is 0 Å². The normalized spacial score (nSPS) is 10.6. The number of primary amides is 1. The molecule has 0 unspecified atom stereocenters. The lowest BCUT2D eigenvalue weighted by Gasteiger charge is -2.01. The molecule has 82 valence electrons. The summed E-state index contributed by atoms with van der Waals surface area (Å²) in [5, 5.41) is 11.3. The molecule has 0 saturated carbocycles. The number of amidine groups is 1. The van der Waals surface area contributed by atoms with Crippen molar-refractivity contribution in [2.45, 2.75) is 0 Å². The number of aliphatic imine (C=N–C) groups is 1. The van der Waals surface area contributed by atoms with Crippen LogP contribution in [-0.4, -0.2) is 16.8 Å². The molecule has 1 rings (SSSR count). The van der Waals surface area contributed by atoms with E-state index in [-0.39, 0.29) is 5.75 Å². The smallest absolute Gasteiger partial charge is 0.227 e. The van der Waals surface area contributed by atoms with Crippen molar-refractivity contribution in [3.05, 3.63) is 30.3 Å². The Morgan fingerprint density at radius 3 is 2.75 bits per heavy atom. The minimum atomic E-state index is -0.453. The van der Waals surface area contributed by atoms with Gasteiger partial charge in [0.15, 0.2) is 11.4 Å². The van der Waals surface area contributed by atoms with Crippen LogP contribution in [0, 0.1) is 11.5 Å². The molecule has 5 nitrogen and oxygen atoms in total. The number of carbonyl (C=O) groups is 1. The van der Waals surface area contributed by atoms with Gasteiger partial charge in [-0.2, -0.15) is 5.26 Å². The van der Waals surface area contributed by atoms with Crippen LogP contribution in [0.25, 0.3) is 0 Å². The van der Waals surface area contributed by atoms with E-state index < -0.39 is 5.91 Å². The molecule has 0 aliphatic rings. The number of carbonyl (C=O) groups excluding carboxylic acids is 1. The van der Waals surface area contributed by atoms with Crippen molar-refractivity contribution < 1.29 is 4.79 Å². The first-order chi connectivity index (χ1) is 7.72. The first kappa shape index (κ1) is 12.1. The first-order valence-corrected chi connectivity index (χ1v) is 5.41. The average Bonchev–Trinajstić information content (AvgIpc) is 2.27. The highest BCUT2D eigenvalue weighted by atomic mass is 32.2. The number of thioether (sulfide) groups is 1. The molecule has 0 aliphatic carbocycles. The Hall–Kier alpha value is -2.00. The van der Waals surface area contributed by atoms with E-state index in [4.69, 9.17) is 11.0 Å². The number of benzene rings is 1. The number of nitrogens with zero attached hydrogens (tertiary/aromatic N) is 2. The van der Waals surface area contributed by atoms with Crippen molar-refractivity contribution in [3.8, 4) is 6.19 Å². The highest BCUT2D eigenvalue weighted by molar-refractivity contribution is 8.14. The molecule has 0 saturated heterocycles. The molecule has 0 fully saturated rings. The van der Waals surface area contributed by atoms with E-state index in [2.05, 4.69) is 10.3 Å². The van der Waals surface area contributed by atoms with Crippen molar-refractivity contribution in [1.29, 1.82) is 5.26 Å². The van der Waals surface area contributed by atoms with Crippen LogP contribution in [0.15, 0.2) is 35.3 Å². The van der Waals surface area contributed by atoms with Gasteiger partial charge in [-0.1, -0.05) is 30.0 Å². The average molecular weight is 234 g/mol. The fraction of sp³-hybridized carbons (Fsp3) is 0.100. The number of nitrogens with one attached hydrogen (secondary N) is 1. The minimum Gasteiger partial charge on any atom is -0.369 e. The Bertz CT molecular complexity index is 424. The van der Waals surface area contributed by atoms with E-state index in [0.717, 1.165) is 11.8 Å². The third-order valence-corrected chi connectivity index (χ3v) is 2.40. The largest absolute Gasteiger partial charge is 0.369 e. The van der Waals surface area contributed by atoms with Gasteiger partial charge in [-0.05, 0) is 12.1 Å². The molecule has 0 heterocycles. The van der Waals surface area contributed by atoms with Crippen LogP contribution < -0.4 is 11.1 Å². The van der Waals surface area contributed by atoms with Crippen LogP contribution in [0.3, 0.4) is 0 Å².